The molecule has 1 aromatic carbocycles. The van der Waals surface area contributed by atoms with Crippen LogP contribution >= 0.6 is 0 Å². The first kappa shape index (κ1) is 14.1. The van der Waals surface area contributed by atoms with Crippen LogP contribution in [0, 0.1) is 17.6 Å². The Labute approximate surface area is 111 Å². The summed E-state index contributed by atoms with van der Waals surface area (Å²) in [6.45, 7) is 3.87. The SMILES string of the molecule is CC[C@H](Oc1cc(F)c(OC)c(F)c1)C1CCNC1. The summed E-state index contributed by atoms with van der Waals surface area (Å²) in [5.74, 6) is -1.25. The van der Waals surface area contributed by atoms with Crippen molar-refractivity contribution in [1.82, 2.24) is 5.32 Å². The minimum absolute atomic E-state index is 0.0257. The lowest BCUT2D eigenvalue weighted by molar-refractivity contribution is 0.137. The van der Waals surface area contributed by atoms with E-state index in [4.69, 9.17) is 4.74 Å². The van der Waals surface area contributed by atoms with Gasteiger partial charge in [0.1, 0.15) is 11.9 Å². The summed E-state index contributed by atoms with van der Waals surface area (Å²) in [7, 11) is 1.24. The van der Waals surface area contributed by atoms with E-state index in [1.165, 1.54) is 19.2 Å². The number of nitrogens with one attached hydrogen (secondary N) is 1. The highest BCUT2D eigenvalue weighted by Crippen LogP contribution is 2.29. The van der Waals surface area contributed by atoms with Crippen molar-refractivity contribution in [3.05, 3.63) is 23.8 Å². The van der Waals surface area contributed by atoms with Crippen LogP contribution in [-0.4, -0.2) is 26.3 Å². The Kier molecular flexibility index (Phi) is 4.58. The summed E-state index contributed by atoms with van der Waals surface area (Å²) in [6.07, 6.45) is 1.81. The summed E-state index contributed by atoms with van der Waals surface area (Å²) < 4.78 is 37.6. The highest BCUT2D eigenvalue weighted by molar-refractivity contribution is 5.35. The molecular weight excluding hydrogens is 252 g/mol. The van der Waals surface area contributed by atoms with Gasteiger partial charge in [0.2, 0.25) is 0 Å². The Morgan fingerprint density at radius 3 is 2.53 bits per heavy atom. The largest absolute Gasteiger partial charge is 0.491 e. The van der Waals surface area contributed by atoms with Gasteiger partial charge in [0, 0.05) is 24.6 Å². The third kappa shape index (κ3) is 3.15. The molecule has 106 valence electrons. The van der Waals surface area contributed by atoms with Gasteiger partial charge < -0.3 is 14.8 Å². The Balaban J connectivity index is 2.13. The van der Waals surface area contributed by atoms with Crippen molar-refractivity contribution >= 4 is 0 Å². The second-order valence-electron chi connectivity index (χ2n) is 4.74. The van der Waals surface area contributed by atoms with E-state index in [0.29, 0.717) is 5.92 Å². The molecule has 0 aliphatic carbocycles. The molecule has 3 nitrogen and oxygen atoms in total. The van der Waals surface area contributed by atoms with Crippen molar-refractivity contribution in [3.8, 4) is 11.5 Å². The van der Waals surface area contributed by atoms with E-state index in [-0.39, 0.29) is 17.6 Å². The fourth-order valence-corrected chi connectivity index (χ4v) is 2.48. The monoisotopic (exact) mass is 271 g/mol. The van der Waals surface area contributed by atoms with E-state index < -0.39 is 11.6 Å². The summed E-state index contributed by atoms with van der Waals surface area (Å²) >= 11 is 0. The smallest absolute Gasteiger partial charge is 0.190 e. The molecule has 1 aromatic rings. The molecule has 1 fully saturated rings. The molecule has 2 rings (SSSR count). The van der Waals surface area contributed by atoms with Gasteiger partial charge in [0.05, 0.1) is 7.11 Å². The van der Waals surface area contributed by atoms with Crippen LogP contribution in [0.5, 0.6) is 11.5 Å². The predicted octanol–water partition coefficient (Wildman–Crippen LogP) is 2.74. The molecule has 0 spiro atoms. The molecule has 2 atom stereocenters. The zero-order valence-electron chi connectivity index (χ0n) is 11.2. The standard InChI is InChI=1S/C14H19F2NO2/c1-3-13(9-4-5-17-8-9)19-10-6-11(15)14(18-2)12(16)7-10/h6-7,9,13,17H,3-5,8H2,1-2H3/t9?,13-/m0/s1. The topological polar surface area (TPSA) is 30.5 Å². The van der Waals surface area contributed by atoms with Crippen molar-refractivity contribution in [2.45, 2.75) is 25.9 Å². The third-order valence-corrected chi connectivity index (χ3v) is 3.49. The van der Waals surface area contributed by atoms with Gasteiger partial charge in [-0.3, -0.25) is 0 Å². The maximum Gasteiger partial charge on any atom is 0.190 e. The van der Waals surface area contributed by atoms with Crippen LogP contribution in [0.4, 0.5) is 8.78 Å². The van der Waals surface area contributed by atoms with Gasteiger partial charge in [0.25, 0.3) is 0 Å². The van der Waals surface area contributed by atoms with Crippen LogP contribution in [0.2, 0.25) is 0 Å². The fourth-order valence-electron chi connectivity index (χ4n) is 2.48. The molecule has 0 amide bonds. The van der Waals surface area contributed by atoms with E-state index in [0.717, 1.165) is 25.9 Å². The maximum absolute atomic E-state index is 13.6. The van der Waals surface area contributed by atoms with Crippen molar-refractivity contribution < 1.29 is 18.3 Å². The van der Waals surface area contributed by atoms with Gasteiger partial charge in [0.15, 0.2) is 17.4 Å². The summed E-state index contributed by atoms with van der Waals surface area (Å²) in [5, 5.41) is 3.27. The van der Waals surface area contributed by atoms with E-state index in [1.54, 1.807) is 0 Å². The van der Waals surface area contributed by atoms with E-state index in [1.807, 2.05) is 6.92 Å². The fraction of sp³-hybridized carbons (Fsp3) is 0.571. The van der Waals surface area contributed by atoms with E-state index >= 15 is 0 Å². The molecule has 5 heteroatoms. The molecule has 0 saturated carbocycles. The maximum atomic E-state index is 13.6. The number of hydrogen-bond acceptors (Lipinski definition) is 3. The second kappa shape index (κ2) is 6.19. The molecule has 1 N–H and O–H groups in total. The Morgan fingerprint density at radius 1 is 1.37 bits per heavy atom. The van der Waals surface area contributed by atoms with Gasteiger partial charge in [-0.2, -0.15) is 0 Å². The van der Waals surface area contributed by atoms with Crippen molar-refractivity contribution in [1.29, 1.82) is 0 Å². The number of hydrogen-bond donors (Lipinski definition) is 1. The molecule has 0 bridgehead atoms. The number of halogens is 2. The predicted molar refractivity (Wildman–Crippen MR) is 68.6 cm³/mol. The quantitative estimate of drug-likeness (QED) is 0.893. The zero-order chi connectivity index (χ0) is 13.8. The first-order chi connectivity index (χ1) is 9.15. The van der Waals surface area contributed by atoms with E-state index in [9.17, 15) is 8.78 Å². The molecule has 1 heterocycles. The van der Waals surface area contributed by atoms with Gasteiger partial charge in [-0.05, 0) is 19.4 Å². The average molecular weight is 271 g/mol. The second-order valence-corrected chi connectivity index (χ2v) is 4.74. The first-order valence-corrected chi connectivity index (χ1v) is 6.56. The van der Waals surface area contributed by atoms with Gasteiger partial charge in [-0.25, -0.2) is 8.78 Å². The Morgan fingerprint density at radius 2 is 2.05 bits per heavy atom. The molecule has 0 aromatic heterocycles. The minimum Gasteiger partial charge on any atom is -0.491 e. The molecule has 1 aliphatic rings. The van der Waals surface area contributed by atoms with Crippen molar-refractivity contribution in [3.63, 3.8) is 0 Å². The normalized spacial score (nSPS) is 20.3. The van der Waals surface area contributed by atoms with Crippen LogP contribution < -0.4 is 14.8 Å². The lowest BCUT2D eigenvalue weighted by atomic mass is 9.99. The zero-order valence-corrected chi connectivity index (χ0v) is 11.2. The van der Waals surface area contributed by atoms with Crippen LogP contribution in [0.25, 0.3) is 0 Å². The van der Waals surface area contributed by atoms with Crippen molar-refractivity contribution in [2.75, 3.05) is 20.2 Å². The van der Waals surface area contributed by atoms with E-state index in [2.05, 4.69) is 10.1 Å². The van der Waals surface area contributed by atoms with Crippen LogP contribution in [0.15, 0.2) is 12.1 Å². The molecule has 19 heavy (non-hydrogen) atoms. The molecule has 0 radical (unpaired) electrons. The number of ether oxygens (including phenoxy) is 2. The van der Waals surface area contributed by atoms with Crippen molar-refractivity contribution in [2.24, 2.45) is 5.92 Å². The van der Waals surface area contributed by atoms with Crippen LogP contribution in [0.3, 0.4) is 0 Å². The molecule has 1 saturated heterocycles. The first-order valence-electron chi connectivity index (χ1n) is 6.56. The highest BCUT2D eigenvalue weighted by Gasteiger charge is 2.25. The number of rotatable bonds is 5. The average Bonchev–Trinajstić information content (AvgIpc) is 2.89. The Hall–Kier alpha value is -1.36. The summed E-state index contributed by atoms with van der Waals surface area (Å²) in [5.41, 5.74) is 0. The molecular formula is C14H19F2NO2. The van der Waals surface area contributed by atoms with Gasteiger partial charge >= 0.3 is 0 Å². The minimum atomic E-state index is -0.739. The molecule has 1 unspecified atom stereocenters. The highest BCUT2D eigenvalue weighted by atomic mass is 19.1. The number of methoxy groups -OCH3 is 1. The van der Waals surface area contributed by atoms with Gasteiger partial charge in [-0.15, -0.1) is 0 Å². The van der Waals surface area contributed by atoms with Crippen LogP contribution in [0.1, 0.15) is 19.8 Å². The molecule has 1 aliphatic heterocycles. The summed E-state index contributed by atoms with van der Waals surface area (Å²) in [6, 6.07) is 2.35. The third-order valence-electron chi connectivity index (χ3n) is 3.49. The van der Waals surface area contributed by atoms with Crippen LogP contribution in [-0.2, 0) is 0 Å². The summed E-state index contributed by atoms with van der Waals surface area (Å²) in [4.78, 5) is 0. The van der Waals surface area contributed by atoms with Gasteiger partial charge in [-0.1, -0.05) is 6.92 Å². The lowest BCUT2D eigenvalue weighted by Crippen LogP contribution is -2.28. The number of benzene rings is 1. The Bertz CT molecular complexity index is 410. The lowest BCUT2D eigenvalue weighted by Gasteiger charge is -2.23.